The van der Waals surface area contributed by atoms with Crippen LogP contribution in [0.2, 0.25) is 18.1 Å². The van der Waals surface area contributed by atoms with Crippen LogP contribution in [0.15, 0.2) is 30.5 Å². The summed E-state index contributed by atoms with van der Waals surface area (Å²) < 4.78 is 7.89. The first-order valence-electron chi connectivity index (χ1n) is 9.89. The highest BCUT2D eigenvalue weighted by molar-refractivity contribution is 6.74. The molecule has 2 heterocycles. The molecule has 2 aromatic rings. The zero-order valence-electron chi connectivity index (χ0n) is 17.8. The maximum Gasteiger partial charge on any atom is 0.252 e. The van der Waals surface area contributed by atoms with E-state index in [0.717, 1.165) is 10.9 Å². The third kappa shape index (κ3) is 3.53. The van der Waals surface area contributed by atoms with Gasteiger partial charge < -0.3 is 9.74 Å². The number of para-hydroxylation sites is 1. The largest absolute Gasteiger partial charge is 0.413 e. The van der Waals surface area contributed by atoms with Crippen LogP contribution < -0.4 is 5.32 Å². The number of benzene rings is 1. The summed E-state index contributed by atoms with van der Waals surface area (Å²) in [6, 6.07) is 7.38. The molecule has 7 heteroatoms. The van der Waals surface area contributed by atoms with Crippen LogP contribution in [-0.4, -0.2) is 42.1 Å². The topological polar surface area (TPSA) is 73.2 Å². The average molecular weight is 402 g/mol. The van der Waals surface area contributed by atoms with Crippen LogP contribution in [0.1, 0.15) is 39.4 Å². The van der Waals surface area contributed by atoms with Gasteiger partial charge in [-0.2, -0.15) is 9.78 Å². The molecule has 1 amide bonds. The van der Waals surface area contributed by atoms with Gasteiger partial charge in [0.05, 0.1) is 35.7 Å². The van der Waals surface area contributed by atoms with Crippen LogP contribution in [0.5, 0.6) is 0 Å². The van der Waals surface area contributed by atoms with Crippen molar-refractivity contribution in [1.29, 1.82) is 0 Å². The molecule has 1 aromatic heterocycles. The average Bonchev–Trinajstić information content (AvgIpc) is 3.00. The van der Waals surface area contributed by atoms with Gasteiger partial charge in [-0.15, -0.1) is 0 Å². The lowest BCUT2D eigenvalue weighted by molar-refractivity contribution is -0.141. The Morgan fingerprint density at radius 2 is 1.89 bits per heavy atom. The minimum absolute atomic E-state index is 0.0406. The summed E-state index contributed by atoms with van der Waals surface area (Å²) >= 11 is 0. The molecule has 0 bridgehead atoms. The third-order valence-electron chi connectivity index (χ3n) is 6.41. The molecule has 3 rings (SSSR count). The molecule has 4 atom stereocenters. The van der Waals surface area contributed by atoms with E-state index in [1.54, 1.807) is 6.20 Å². The second kappa shape index (κ2) is 7.11. The maximum atomic E-state index is 13.1. The number of carbonyl (C=O) groups is 2. The van der Waals surface area contributed by atoms with Crippen molar-refractivity contribution < 1.29 is 14.0 Å². The monoisotopic (exact) mass is 401 g/mol. The first-order valence-corrected chi connectivity index (χ1v) is 12.8. The number of fused-ring (bicyclic) bond motifs is 1. The van der Waals surface area contributed by atoms with Crippen LogP contribution in [0.3, 0.4) is 0 Å². The molecule has 0 spiro atoms. The molecule has 0 unspecified atom stereocenters. The van der Waals surface area contributed by atoms with Crippen molar-refractivity contribution in [2.45, 2.75) is 64.9 Å². The zero-order valence-corrected chi connectivity index (χ0v) is 18.8. The smallest absolute Gasteiger partial charge is 0.252 e. The standard InChI is InChI=1S/C21H31N3O3Si/c1-13(20(26)24-16-11-9-8-10-15(16)12-22-24)18-17(19(25)23-18)14(2)27-28(6,7)21(3,4)5/h8-14,17-18H,1-7H3,(H,23,25)/t13-,14-,17-,18+/m1/s1. The molecule has 1 aliphatic heterocycles. The number of carbonyl (C=O) groups excluding carboxylic acids is 2. The number of hydrogen-bond acceptors (Lipinski definition) is 4. The summed E-state index contributed by atoms with van der Waals surface area (Å²) in [5, 5.41) is 8.18. The van der Waals surface area contributed by atoms with Gasteiger partial charge in [0.2, 0.25) is 5.91 Å². The van der Waals surface area contributed by atoms with E-state index in [0.29, 0.717) is 0 Å². The molecule has 1 fully saturated rings. The Balaban J connectivity index is 1.77. The lowest BCUT2D eigenvalue weighted by Gasteiger charge is -2.46. The Bertz CT molecular complexity index is 900. The van der Waals surface area contributed by atoms with Gasteiger partial charge in [0.1, 0.15) is 0 Å². The highest BCUT2D eigenvalue weighted by atomic mass is 28.4. The molecule has 1 aliphatic rings. The highest BCUT2D eigenvalue weighted by Gasteiger charge is 2.50. The summed E-state index contributed by atoms with van der Waals surface area (Å²) in [7, 11) is -2.01. The Morgan fingerprint density at radius 3 is 2.50 bits per heavy atom. The summed E-state index contributed by atoms with van der Waals surface area (Å²) in [5.74, 6) is -0.872. The van der Waals surface area contributed by atoms with Gasteiger partial charge in [0, 0.05) is 5.39 Å². The van der Waals surface area contributed by atoms with E-state index in [1.165, 1.54) is 4.68 Å². The Morgan fingerprint density at radius 1 is 1.25 bits per heavy atom. The Kier molecular flexibility index (Phi) is 5.27. The van der Waals surface area contributed by atoms with Crippen molar-refractivity contribution in [3.8, 4) is 0 Å². The molecule has 6 nitrogen and oxygen atoms in total. The normalized spacial score (nSPS) is 22.5. The second-order valence-corrected chi connectivity index (χ2v) is 14.1. The van der Waals surface area contributed by atoms with E-state index in [9.17, 15) is 9.59 Å². The van der Waals surface area contributed by atoms with Gasteiger partial charge in [0.25, 0.3) is 5.91 Å². The summed E-state index contributed by atoms with van der Waals surface area (Å²) in [6.45, 7) is 14.7. The SMILES string of the molecule is C[C@@H](O[Si](C)(C)C(C)(C)C)[C@H]1C(=O)N[C@H]1[C@@H](C)C(=O)n1ncc2ccccc21. The van der Waals surface area contributed by atoms with E-state index >= 15 is 0 Å². The van der Waals surface area contributed by atoms with Crippen molar-refractivity contribution in [3.63, 3.8) is 0 Å². The van der Waals surface area contributed by atoms with Crippen LogP contribution in [0.4, 0.5) is 0 Å². The fourth-order valence-electron chi connectivity index (χ4n) is 3.57. The number of rotatable bonds is 5. The second-order valence-electron chi connectivity index (χ2n) is 9.39. The van der Waals surface area contributed by atoms with Crippen molar-refractivity contribution in [1.82, 2.24) is 15.1 Å². The van der Waals surface area contributed by atoms with Gasteiger partial charge in [-0.25, -0.2) is 0 Å². The number of nitrogens with zero attached hydrogens (tertiary/aromatic N) is 2. The molecule has 0 radical (unpaired) electrons. The molecule has 1 saturated heterocycles. The lowest BCUT2D eigenvalue weighted by Crippen LogP contribution is -2.67. The predicted octanol–water partition coefficient (Wildman–Crippen LogP) is 3.84. The van der Waals surface area contributed by atoms with Gasteiger partial charge in [-0.05, 0) is 31.1 Å². The highest BCUT2D eigenvalue weighted by Crippen LogP contribution is 2.39. The fourth-order valence-corrected chi connectivity index (χ4v) is 5.00. The predicted molar refractivity (Wildman–Crippen MR) is 113 cm³/mol. The van der Waals surface area contributed by atoms with E-state index < -0.39 is 14.2 Å². The van der Waals surface area contributed by atoms with Gasteiger partial charge in [-0.1, -0.05) is 45.9 Å². The van der Waals surface area contributed by atoms with E-state index in [1.807, 2.05) is 38.1 Å². The third-order valence-corrected chi connectivity index (χ3v) is 11.0. The molecular formula is C21H31N3O3Si. The quantitative estimate of drug-likeness (QED) is 0.610. The molecule has 0 aliphatic carbocycles. The van der Waals surface area contributed by atoms with E-state index in [2.05, 4.69) is 44.3 Å². The van der Waals surface area contributed by atoms with Crippen molar-refractivity contribution in [2.75, 3.05) is 0 Å². The van der Waals surface area contributed by atoms with Crippen molar-refractivity contribution in [2.24, 2.45) is 11.8 Å². The minimum Gasteiger partial charge on any atom is -0.413 e. The van der Waals surface area contributed by atoms with Gasteiger partial charge >= 0.3 is 0 Å². The van der Waals surface area contributed by atoms with Crippen molar-refractivity contribution >= 4 is 31.0 Å². The lowest BCUT2D eigenvalue weighted by atomic mass is 9.78. The number of β-lactam (4-membered cyclic amide) rings is 1. The molecular weight excluding hydrogens is 370 g/mol. The molecule has 0 saturated carbocycles. The Labute approximate surface area is 167 Å². The summed E-state index contributed by atoms with van der Waals surface area (Å²) in [4.78, 5) is 25.4. The zero-order chi connectivity index (χ0) is 20.9. The van der Waals surface area contributed by atoms with Crippen LogP contribution in [0, 0.1) is 11.8 Å². The first kappa shape index (κ1) is 20.7. The number of amides is 1. The number of nitrogens with one attached hydrogen (secondary N) is 1. The van der Waals surface area contributed by atoms with Crippen LogP contribution in [-0.2, 0) is 9.22 Å². The van der Waals surface area contributed by atoms with Gasteiger partial charge in [0.15, 0.2) is 8.32 Å². The van der Waals surface area contributed by atoms with Gasteiger partial charge in [-0.3, -0.25) is 9.59 Å². The molecule has 152 valence electrons. The van der Waals surface area contributed by atoms with Crippen LogP contribution in [0.25, 0.3) is 10.9 Å². The van der Waals surface area contributed by atoms with Crippen molar-refractivity contribution in [3.05, 3.63) is 30.5 Å². The number of aromatic nitrogens is 2. The van der Waals surface area contributed by atoms with Crippen LogP contribution >= 0.6 is 0 Å². The Hall–Kier alpha value is -1.99. The van der Waals surface area contributed by atoms with E-state index in [-0.39, 0.29) is 34.9 Å². The number of hydrogen-bond donors (Lipinski definition) is 1. The molecule has 1 N–H and O–H groups in total. The fraction of sp³-hybridized carbons (Fsp3) is 0.571. The summed E-state index contributed by atoms with van der Waals surface area (Å²) in [6.07, 6.45) is 1.46. The minimum atomic E-state index is -2.01. The maximum absolute atomic E-state index is 13.1. The molecule has 1 aromatic carbocycles. The summed E-state index contributed by atoms with van der Waals surface area (Å²) in [5.41, 5.74) is 0.784. The molecule has 28 heavy (non-hydrogen) atoms. The first-order chi connectivity index (χ1) is 12.9. The van der Waals surface area contributed by atoms with E-state index in [4.69, 9.17) is 4.43 Å².